The number of rotatable bonds is 7. The van der Waals surface area contributed by atoms with Crippen LogP contribution in [0.4, 0.5) is 13.2 Å². The van der Waals surface area contributed by atoms with E-state index in [0.29, 0.717) is 17.5 Å². The van der Waals surface area contributed by atoms with Crippen molar-refractivity contribution < 1.29 is 27.5 Å². The third kappa shape index (κ3) is 5.85. The highest BCUT2D eigenvalue weighted by molar-refractivity contribution is 6.44. The maximum Gasteiger partial charge on any atom is 0.418 e. The summed E-state index contributed by atoms with van der Waals surface area (Å²) in [5.41, 5.74) is -2.88. The standard InChI is InChI=1S/C25H25ClF3N3O3/c1-3-20(25(27,28)29)21(30)22(33)32-14-4-13-24(32,35-19-11-5-16(2)6-12-19)23(34)31-15-17-7-9-18(26)10-8-17/h3,5-12,30H,4,13-15H2,1-2H3,(H,31,34)/b20-3+,30-21?. The molecule has 2 aromatic rings. The van der Waals surface area contributed by atoms with Gasteiger partial charge in [0.1, 0.15) is 11.5 Å². The van der Waals surface area contributed by atoms with Crippen LogP contribution in [0.5, 0.6) is 5.75 Å². The summed E-state index contributed by atoms with van der Waals surface area (Å²) < 4.78 is 46.2. The molecule has 2 aromatic carbocycles. The summed E-state index contributed by atoms with van der Waals surface area (Å²) in [6, 6.07) is 13.5. The van der Waals surface area contributed by atoms with E-state index < -0.39 is 35.0 Å². The van der Waals surface area contributed by atoms with Gasteiger partial charge in [-0.15, -0.1) is 0 Å². The zero-order chi connectivity index (χ0) is 25.8. The van der Waals surface area contributed by atoms with Crippen LogP contribution < -0.4 is 10.1 Å². The van der Waals surface area contributed by atoms with Gasteiger partial charge in [0.2, 0.25) is 0 Å². The van der Waals surface area contributed by atoms with Crippen LogP contribution in [0, 0.1) is 12.3 Å². The van der Waals surface area contributed by atoms with Gasteiger partial charge in [-0.1, -0.05) is 47.5 Å². The molecule has 3 rings (SSSR count). The number of nitrogens with zero attached hydrogens (tertiary/aromatic N) is 1. The lowest BCUT2D eigenvalue weighted by Crippen LogP contribution is -2.62. The number of carbonyl (C=O) groups is 2. The van der Waals surface area contributed by atoms with Crippen LogP contribution in [0.2, 0.25) is 5.02 Å². The number of hydrogen-bond donors (Lipinski definition) is 2. The third-order valence-corrected chi connectivity index (χ3v) is 5.94. The van der Waals surface area contributed by atoms with E-state index in [9.17, 15) is 22.8 Å². The van der Waals surface area contributed by atoms with Crippen LogP contribution in [0.25, 0.3) is 0 Å². The number of likely N-dealkylation sites (tertiary alicyclic amines) is 1. The average Bonchev–Trinajstić information content (AvgIpc) is 3.23. The van der Waals surface area contributed by atoms with Crippen LogP contribution in [0.1, 0.15) is 30.9 Å². The summed E-state index contributed by atoms with van der Waals surface area (Å²) in [6.07, 6.45) is -3.88. The van der Waals surface area contributed by atoms with Gasteiger partial charge in [-0.05, 0) is 50.1 Å². The second kappa shape index (κ2) is 10.5. The average molecular weight is 508 g/mol. The maximum absolute atomic E-state index is 13.5. The summed E-state index contributed by atoms with van der Waals surface area (Å²) in [4.78, 5) is 27.6. The molecule has 1 unspecified atom stereocenters. The van der Waals surface area contributed by atoms with E-state index in [1.54, 1.807) is 48.5 Å². The Hall–Kier alpha value is -3.33. The normalized spacial score (nSPS) is 18.3. The van der Waals surface area contributed by atoms with Gasteiger partial charge in [0.05, 0.1) is 5.57 Å². The highest BCUT2D eigenvalue weighted by atomic mass is 35.5. The van der Waals surface area contributed by atoms with Crippen LogP contribution in [-0.2, 0) is 16.1 Å². The Morgan fingerprint density at radius 1 is 1.17 bits per heavy atom. The minimum Gasteiger partial charge on any atom is -0.458 e. The molecule has 0 aliphatic carbocycles. The number of amides is 2. The number of alkyl halides is 3. The van der Waals surface area contributed by atoms with Gasteiger partial charge in [-0.3, -0.25) is 19.9 Å². The molecule has 1 atom stereocenters. The summed E-state index contributed by atoms with van der Waals surface area (Å²) in [6.45, 7) is 3.00. The molecule has 10 heteroatoms. The van der Waals surface area contributed by atoms with Gasteiger partial charge in [-0.2, -0.15) is 13.2 Å². The minimum absolute atomic E-state index is 0.0452. The van der Waals surface area contributed by atoms with E-state index in [-0.39, 0.29) is 25.3 Å². The maximum atomic E-state index is 13.5. The first-order valence-corrected chi connectivity index (χ1v) is 11.3. The van der Waals surface area contributed by atoms with Crippen molar-refractivity contribution in [3.63, 3.8) is 0 Å². The van der Waals surface area contributed by atoms with Crippen molar-refractivity contribution in [1.29, 1.82) is 5.41 Å². The number of hydrogen-bond acceptors (Lipinski definition) is 4. The van der Waals surface area contributed by atoms with Crippen LogP contribution >= 0.6 is 11.6 Å². The molecule has 0 bridgehead atoms. The fourth-order valence-corrected chi connectivity index (χ4v) is 4.00. The Morgan fingerprint density at radius 3 is 2.37 bits per heavy atom. The molecule has 1 aliphatic rings. The molecule has 35 heavy (non-hydrogen) atoms. The van der Waals surface area contributed by atoms with Gasteiger partial charge < -0.3 is 10.1 Å². The molecule has 0 saturated carbocycles. The number of nitrogens with one attached hydrogen (secondary N) is 2. The molecule has 1 aliphatic heterocycles. The number of benzene rings is 2. The Morgan fingerprint density at radius 2 is 1.80 bits per heavy atom. The summed E-state index contributed by atoms with van der Waals surface area (Å²) in [5.74, 6) is -1.66. The van der Waals surface area contributed by atoms with Crippen molar-refractivity contribution in [2.75, 3.05) is 6.54 Å². The monoisotopic (exact) mass is 507 g/mol. The Kier molecular flexibility index (Phi) is 7.90. The second-order valence-corrected chi connectivity index (χ2v) is 8.58. The molecular weight excluding hydrogens is 483 g/mol. The van der Waals surface area contributed by atoms with Crippen molar-refractivity contribution in [1.82, 2.24) is 10.2 Å². The first kappa shape index (κ1) is 26.3. The number of aryl methyl sites for hydroxylation is 1. The molecule has 0 aromatic heterocycles. The SMILES string of the molecule is C/C=C(\C(=N)C(=O)N1CCCC1(Oc1ccc(C)cc1)C(=O)NCc1ccc(Cl)cc1)C(F)(F)F. The van der Waals surface area contributed by atoms with Crippen LogP contribution in [0.15, 0.2) is 60.2 Å². The predicted molar refractivity (Wildman–Crippen MR) is 126 cm³/mol. The molecular formula is C25H25ClF3N3O3. The molecule has 0 radical (unpaired) electrons. The first-order valence-electron chi connectivity index (χ1n) is 10.9. The molecule has 1 fully saturated rings. The van der Waals surface area contributed by atoms with Gasteiger partial charge in [0.15, 0.2) is 0 Å². The lowest BCUT2D eigenvalue weighted by molar-refractivity contribution is -0.160. The van der Waals surface area contributed by atoms with Gasteiger partial charge in [-0.25, -0.2) is 0 Å². The van der Waals surface area contributed by atoms with Crippen molar-refractivity contribution in [3.05, 3.63) is 76.3 Å². The van der Waals surface area contributed by atoms with E-state index in [1.165, 1.54) is 0 Å². The molecule has 1 heterocycles. The molecule has 0 spiro atoms. The van der Waals surface area contributed by atoms with Crippen LogP contribution in [0.3, 0.4) is 0 Å². The lowest BCUT2D eigenvalue weighted by atomic mass is 10.1. The molecule has 2 N–H and O–H groups in total. The molecule has 186 valence electrons. The zero-order valence-corrected chi connectivity index (χ0v) is 20.0. The zero-order valence-electron chi connectivity index (χ0n) is 19.2. The van der Waals surface area contributed by atoms with Crippen molar-refractivity contribution in [2.24, 2.45) is 0 Å². The number of halogens is 4. The van der Waals surface area contributed by atoms with E-state index in [0.717, 1.165) is 23.0 Å². The number of ether oxygens (including phenoxy) is 1. The van der Waals surface area contributed by atoms with Crippen molar-refractivity contribution >= 4 is 29.1 Å². The molecule has 1 saturated heterocycles. The summed E-state index contributed by atoms with van der Waals surface area (Å²) >= 11 is 5.90. The van der Waals surface area contributed by atoms with E-state index in [4.69, 9.17) is 21.7 Å². The fourth-order valence-electron chi connectivity index (χ4n) is 3.87. The molecule has 6 nitrogen and oxygen atoms in total. The fraction of sp³-hybridized carbons (Fsp3) is 0.320. The Bertz CT molecular complexity index is 1130. The second-order valence-electron chi connectivity index (χ2n) is 8.14. The topological polar surface area (TPSA) is 82.5 Å². The summed E-state index contributed by atoms with van der Waals surface area (Å²) in [5, 5.41) is 11.2. The predicted octanol–water partition coefficient (Wildman–Crippen LogP) is 5.19. The van der Waals surface area contributed by atoms with Gasteiger partial charge in [0.25, 0.3) is 17.5 Å². The highest BCUT2D eigenvalue weighted by Crippen LogP contribution is 2.35. The Labute approximate surface area is 206 Å². The van der Waals surface area contributed by atoms with Gasteiger partial charge >= 0.3 is 6.18 Å². The summed E-state index contributed by atoms with van der Waals surface area (Å²) in [7, 11) is 0. The quantitative estimate of drug-likeness (QED) is 0.506. The number of allylic oxidation sites excluding steroid dienone is 1. The Balaban J connectivity index is 1.94. The lowest BCUT2D eigenvalue weighted by Gasteiger charge is -2.37. The smallest absolute Gasteiger partial charge is 0.418 e. The minimum atomic E-state index is -4.89. The van der Waals surface area contributed by atoms with E-state index in [2.05, 4.69) is 5.32 Å². The highest BCUT2D eigenvalue weighted by Gasteiger charge is 2.54. The first-order chi connectivity index (χ1) is 16.5. The van der Waals surface area contributed by atoms with Crippen LogP contribution in [-0.4, -0.2) is 40.9 Å². The number of carbonyl (C=O) groups excluding carboxylic acids is 2. The van der Waals surface area contributed by atoms with E-state index >= 15 is 0 Å². The third-order valence-electron chi connectivity index (χ3n) is 5.68. The molecule has 2 amide bonds. The van der Waals surface area contributed by atoms with Gasteiger partial charge in [0, 0.05) is 24.5 Å². The van der Waals surface area contributed by atoms with Crippen molar-refractivity contribution in [3.8, 4) is 5.75 Å². The largest absolute Gasteiger partial charge is 0.458 e. The van der Waals surface area contributed by atoms with E-state index in [1.807, 2.05) is 6.92 Å². The van der Waals surface area contributed by atoms with Crippen molar-refractivity contribution in [2.45, 2.75) is 45.1 Å².